The Morgan fingerprint density at radius 2 is 1.94 bits per heavy atom. The van der Waals surface area contributed by atoms with E-state index in [9.17, 15) is 4.79 Å². The third kappa shape index (κ3) is 4.18. The minimum absolute atomic E-state index is 0.139. The van der Waals surface area contributed by atoms with Crippen molar-refractivity contribution in [2.75, 3.05) is 54.9 Å². The number of nitrogens with zero attached hydrogens (tertiary/aromatic N) is 6. The van der Waals surface area contributed by atoms with E-state index >= 15 is 0 Å². The molecule has 35 heavy (non-hydrogen) atoms. The molecule has 2 aliphatic rings. The van der Waals surface area contributed by atoms with Crippen LogP contribution < -0.4 is 20.3 Å². The Labute approximate surface area is 202 Å². The summed E-state index contributed by atoms with van der Waals surface area (Å²) in [6.07, 6.45) is 7.39. The number of aromatic nitrogens is 4. The van der Waals surface area contributed by atoms with Gasteiger partial charge >= 0.3 is 0 Å². The van der Waals surface area contributed by atoms with Crippen molar-refractivity contribution in [3.05, 3.63) is 55.1 Å². The first-order valence-electron chi connectivity index (χ1n) is 11.7. The van der Waals surface area contributed by atoms with E-state index < -0.39 is 0 Å². The first-order valence-corrected chi connectivity index (χ1v) is 11.7. The molecule has 3 aromatic heterocycles. The Morgan fingerprint density at radius 1 is 1.11 bits per heavy atom. The SMILES string of the molecule is CC(=O)N1CCN(c2ccc(Nc3nc(-c4cnc5c(c4)NCCO5)cn4ccnc34)cc2)CC1. The molecule has 5 heterocycles. The number of rotatable bonds is 4. The zero-order valence-electron chi connectivity index (χ0n) is 19.4. The highest BCUT2D eigenvalue weighted by Crippen LogP contribution is 2.31. The highest BCUT2D eigenvalue weighted by molar-refractivity contribution is 5.76. The van der Waals surface area contributed by atoms with Gasteiger partial charge in [0, 0.05) is 81.4 Å². The molecule has 4 aromatic rings. The predicted octanol–water partition coefficient (Wildman–Crippen LogP) is 3.01. The molecule has 0 unspecified atom stereocenters. The van der Waals surface area contributed by atoms with Gasteiger partial charge in [0.1, 0.15) is 6.61 Å². The molecule has 0 spiro atoms. The van der Waals surface area contributed by atoms with Crippen LogP contribution in [-0.2, 0) is 4.79 Å². The number of carbonyl (C=O) groups excluding carboxylic acids is 1. The van der Waals surface area contributed by atoms with E-state index in [0.29, 0.717) is 18.3 Å². The van der Waals surface area contributed by atoms with Crippen LogP contribution in [0, 0.1) is 0 Å². The standard InChI is InChI=1S/C25H26N8O2/c1-17(34)31-9-11-32(12-10-31)20-4-2-19(3-5-20)29-23-24-27-6-8-33(24)16-22(30-23)18-14-21-25(28-15-18)35-13-7-26-21/h2-6,8,14-16,26H,7,9-13H2,1H3,(H,29,30). The lowest BCUT2D eigenvalue weighted by Gasteiger charge is -2.35. The molecule has 1 amide bonds. The first kappa shape index (κ1) is 21.2. The highest BCUT2D eigenvalue weighted by atomic mass is 16.5. The van der Waals surface area contributed by atoms with E-state index in [2.05, 4.69) is 37.6 Å². The molecule has 1 fully saturated rings. The molecular weight excluding hydrogens is 444 g/mol. The summed E-state index contributed by atoms with van der Waals surface area (Å²) in [5.41, 5.74) is 5.34. The monoisotopic (exact) mass is 470 g/mol. The van der Waals surface area contributed by atoms with Crippen LogP contribution in [0.4, 0.5) is 22.9 Å². The van der Waals surface area contributed by atoms with Gasteiger partial charge in [0.2, 0.25) is 11.8 Å². The minimum atomic E-state index is 0.139. The number of hydrogen-bond donors (Lipinski definition) is 2. The smallest absolute Gasteiger partial charge is 0.237 e. The Kier molecular flexibility index (Phi) is 5.32. The summed E-state index contributed by atoms with van der Waals surface area (Å²) < 4.78 is 7.56. The first-order chi connectivity index (χ1) is 17.1. The molecule has 2 aliphatic heterocycles. The molecule has 0 radical (unpaired) electrons. The number of hydrogen-bond acceptors (Lipinski definition) is 8. The van der Waals surface area contributed by atoms with E-state index in [1.807, 2.05) is 39.9 Å². The van der Waals surface area contributed by atoms with Gasteiger partial charge in [-0.05, 0) is 30.3 Å². The van der Waals surface area contributed by atoms with Crippen LogP contribution in [0.3, 0.4) is 0 Å². The zero-order valence-corrected chi connectivity index (χ0v) is 19.4. The Balaban J connectivity index is 1.24. The van der Waals surface area contributed by atoms with Gasteiger partial charge in [0.05, 0.1) is 11.4 Å². The van der Waals surface area contributed by atoms with Gasteiger partial charge in [-0.15, -0.1) is 0 Å². The van der Waals surface area contributed by atoms with Crippen molar-refractivity contribution in [2.45, 2.75) is 6.92 Å². The summed E-state index contributed by atoms with van der Waals surface area (Å²) in [5, 5.41) is 6.76. The van der Waals surface area contributed by atoms with Crippen LogP contribution >= 0.6 is 0 Å². The number of benzene rings is 1. The lowest BCUT2D eigenvalue weighted by atomic mass is 10.2. The average molecular weight is 471 g/mol. The molecule has 1 aromatic carbocycles. The van der Waals surface area contributed by atoms with E-state index in [4.69, 9.17) is 9.72 Å². The van der Waals surface area contributed by atoms with E-state index in [1.165, 1.54) is 0 Å². The van der Waals surface area contributed by atoms with Crippen molar-refractivity contribution in [3.63, 3.8) is 0 Å². The van der Waals surface area contributed by atoms with Crippen LogP contribution in [0.15, 0.2) is 55.1 Å². The van der Waals surface area contributed by atoms with Crippen molar-refractivity contribution in [2.24, 2.45) is 0 Å². The molecule has 178 valence electrons. The molecule has 0 atom stereocenters. The number of ether oxygens (including phenoxy) is 1. The van der Waals surface area contributed by atoms with Crippen LogP contribution in [0.25, 0.3) is 16.9 Å². The summed E-state index contributed by atoms with van der Waals surface area (Å²) >= 11 is 0. The number of carbonyl (C=O) groups is 1. The Bertz CT molecular complexity index is 1380. The van der Waals surface area contributed by atoms with Gasteiger partial charge in [-0.25, -0.2) is 15.0 Å². The molecular formula is C25H26N8O2. The van der Waals surface area contributed by atoms with Crippen molar-refractivity contribution >= 4 is 34.4 Å². The summed E-state index contributed by atoms with van der Waals surface area (Å²) in [5.74, 6) is 1.42. The molecule has 0 saturated carbocycles. The second-order valence-electron chi connectivity index (χ2n) is 8.65. The largest absolute Gasteiger partial charge is 0.474 e. The lowest BCUT2D eigenvalue weighted by molar-refractivity contribution is -0.129. The average Bonchev–Trinajstić information content (AvgIpc) is 3.38. The summed E-state index contributed by atoms with van der Waals surface area (Å²) in [6, 6.07) is 10.3. The zero-order chi connectivity index (χ0) is 23.8. The molecule has 10 heteroatoms. The fraction of sp³-hybridized carbons (Fsp3) is 0.280. The number of pyridine rings is 1. The fourth-order valence-corrected chi connectivity index (χ4v) is 4.49. The fourth-order valence-electron chi connectivity index (χ4n) is 4.49. The van der Waals surface area contributed by atoms with E-state index in [1.54, 1.807) is 19.3 Å². The minimum Gasteiger partial charge on any atom is -0.474 e. The maximum atomic E-state index is 11.6. The van der Waals surface area contributed by atoms with Crippen molar-refractivity contribution in [1.29, 1.82) is 0 Å². The Hall–Kier alpha value is -4.34. The quantitative estimate of drug-likeness (QED) is 0.470. The second kappa shape index (κ2) is 8.79. The van der Waals surface area contributed by atoms with Crippen molar-refractivity contribution in [3.8, 4) is 17.1 Å². The highest BCUT2D eigenvalue weighted by Gasteiger charge is 2.19. The third-order valence-corrected chi connectivity index (χ3v) is 6.40. The Morgan fingerprint density at radius 3 is 2.74 bits per heavy atom. The normalized spacial score (nSPS) is 15.3. The number of imidazole rings is 1. The topological polar surface area (TPSA) is 99.9 Å². The van der Waals surface area contributed by atoms with Crippen LogP contribution in [0.2, 0.25) is 0 Å². The van der Waals surface area contributed by atoms with Crippen LogP contribution in [0.1, 0.15) is 6.92 Å². The number of amides is 1. The van der Waals surface area contributed by atoms with Gasteiger partial charge in [0.15, 0.2) is 11.5 Å². The second-order valence-corrected chi connectivity index (χ2v) is 8.65. The van der Waals surface area contributed by atoms with Gasteiger partial charge in [-0.3, -0.25) is 4.79 Å². The van der Waals surface area contributed by atoms with Crippen molar-refractivity contribution in [1.82, 2.24) is 24.3 Å². The molecule has 10 nitrogen and oxygen atoms in total. The number of anilines is 4. The molecule has 0 aliphatic carbocycles. The summed E-state index contributed by atoms with van der Waals surface area (Å²) in [7, 11) is 0. The summed E-state index contributed by atoms with van der Waals surface area (Å²) in [4.78, 5) is 29.6. The van der Waals surface area contributed by atoms with Gasteiger partial charge in [0.25, 0.3) is 0 Å². The number of fused-ring (bicyclic) bond motifs is 2. The van der Waals surface area contributed by atoms with Gasteiger partial charge in [-0.1, -0.05) is 0 Å². The van der Waals surface area contributed by atoms with Gasteiger partial charge in [-0.2, -0.15) is 0 Å². The molecule has 1 saturated heterocycles. The molecule has 2 N–H and O–H groups in total. The van der Waals surface area contributed by atoms with Gasteiger partial charge < -0.3 is 29.6 Å². The predicted molar refractivity (Wildman–Crippen MR) is 134 cm³/mol. The maximum absolute atomic E-state index is 11.6. The molecule has 6 rings (SSSR count). The molecule has 0 bridgehead atoms. The van der Waals surface area contributed by atoms with E-state index in [0.717, 1.165) is 66.7 Å². The van der Waals surface area contributed by atoms with Crippen LogP contribution in [-0.4, -0.2) is 69.5 Å². The van der Waals surface area contributed by atoms with Crippen LogP contribution in [0.5, 0.6) is 5.88 Å². The lowest BCUT2D eigenvalue weighted by Crippen LogP contribution is -2.48. The summed E-state index contributed by atoms with van der Waals surface area (Å²) in [6.45, 7) is 6.16. The third-order valence-electron chi connectivity index (χ3n) is 6.40. The number of piperazine rings is 1. The van der Waals surface area contributed by atoms with E-state index in [-0.39, 0.29) is 5.91 Å². The van der Waals surface area contributed by atoms with Crippen molar-refractivity contribution < 1.29 is 9.53 Å². The maximum Gasteiger partial charge on any atom is 0.237 e. The number of nitrogens with one attached hydrogen (secondary N) is 2.